The Kier molecular flexibility index (Phi) is 6.64. The normalized spacial score (nSPS) is 24.5. The molecule has 5 heteroatoms. The van der Waals surface area contributed by atoms with Gasteiger partial charge < -0.3 is 4.90 Å². The average Bonchev–Trinajstić information content (AvgIpc) is 3.07. The van der Waals surface area contributed by atoms with Crippen molar-refractivity contribution in [2.24, 2.45) is 17.3 Å². The zero-order valence-electron chi connectivity index (χ0n) is 16.3. The van der Waals surface area contributed by atoms with Crippen molar-refractivity contribution in [3.63, 3.8) is 0 Å². The molecule has 142 valence electrons. The van der Waals surface area contributed by atoms with Crippen LogP contribution in [0.3, 0.4) is 0 Å². The Morgan fingerprint density at radius 1 is 1.12 bits per heavy atom. The monoisotopic (exact) mass is 350 g/mol. The second-order valence-corrected chi connectivity index (χ2v) is 8.90. The fraction of sp³-hybridized carbons (Fsp3) is 0.850. The number of nitrogens with zero attached hydrogens (tertiary/aromatic N) is 2. The van der Waals surface area contributed by atoms with Gasteiger partial charge in [0.05, 0.1) is 5.92 Å². The first-order valence-electron chi connectivity index (χ1n) is 9.82. The van der Waals surface area contributed by atoms with Crippen LogP contribution in [0, 0.1) is 17.3 Å². The molecule has 2 rings (SSSR count). The molecule has 0 bridgehead atoms. The summed E-state index contributed by atoms with van der Waals surface area (Å²) in [6.45, 7) is 10.6. The predicted octanol–water partition coefficient (Wildman–Crippen LogP) is 3.23. The van der Waals surface area contributed by atoms with Gasteiger partial charge in [-0.15, -0.1) is 0 Å². The fourth-order valence-electron chi connectivity index (χ4n) is 3.81. The maximum Gasteiger partial charge on any atom is 0.233 e. The largest absolute Gasteiger partial charge is 0.342 e. The molecule has 0 radical (unpaired) electrons. The topological polar surface area (TPSA) is 57.7 Å². The predicted molar refractivity (Wildman–Crippen MR) is 97.7 cm³/mol. The van der Waals surface area contributed by atoms with Crippen molar-refractivity contribution in [3.05, 3.63) is 0 Å². The van der Waals surface area contributed by atoms with Crippen molar-refractivity contribution in [2.45, 2.75) is 72.6 Å². The molecule has 2 saturated heterocycles. The van der Waals surface area contributed by atoms with Gasteiger partial charge in [-0.05, 0) is 30.6 Å². The molecule has 2 aliphatic heterocycles. The van der Waals surface area contributed by atoms with Crippen LogP contribution in [-0.2, 0) is 14.4 Å². The average molecular weight is 351 g/mol. The molecule has 25 heavy (non-hydrogen) atoms. The second-order valence-electron chi connectivity index (χ2n) is 8.90. The third kappa shape index (κ3) is 5.29. The highest BCUT2D eigenvalue weighted by Crippen LogP contribution is 2.35. The third-order valence-electron chi connectivity index (χ3n) is 5.59. The summed E-state index contributed by atoms with van der Waals surface area (Å²) in [5, 5.41) is 0. The van der Waals surface area contributed by atoms with Crippen LogP contribution in [0.15, 0.2) is 0 Å². The molecule has 2 aliphatic rings. The van der Waals surface area contributed by atoms with E-state index in [0.717, 1.165) is 45.2 Å². The molecule has 3 amide bonds. The molecule has 0 aromatic carbocycles. The summed E-state index contributed by atoms with van der Waals surface area (Å²) in [5.74, 6) is 0.707. The number of carbonyl (C=O) groups excluding carboxylic acids is 3. The molecule has 1 unspecified atom stereocenters. The standard InChI is InChI=1S/C20H34N2O3/c1-15-10-12-21(14-15)17(23)9-7-5-6-8-11-22-18(24)13-16(19(22)25)20(2,3)4/h15-16H,5-14H2,1-4H3/t15-,16?/m0/s1. The number of imide groups is 1. The van der Waals surface area contributed by atoms with E-state index in [1.165, 1.54) is 4.90 Å². The fourth-order valence-corrected chi connectivity index (χ4v) is 3.81. The number of hydrogen-bond donors (Lipinski definition) is 0. The van der Waals surface area contributed by atoms with Crippen LogP contribution in [0.4, 0.5) is 0 Å². The zero-order chi connectivity index (χ0) is 18.6. The Hall–Kier alpha value is -1.39. The maximum atomic E-state index is 12.4. The van der Waals surface area contributed by atoms with E-state index in [1.54, 1.807) is 0 Å². The van der Waals surface area contributed by atoms with E-state index in [0.29, 0.717) is 25.3 Å². The number of amides is 3. The van der Waals surface area contributed by atoms with Crippen molar-refractivity contribution >= 4 is 17.7 Å². The van der Waals surface area contributed by atoms with Gasteiger partial charge in [0.25, 0.3) is 0 Å². The van der Waals surface area contributed by atoms with Crippen LogP contribution in [0.25, 0.3) is 0 Å². The van der Waals surface area contributed by atoms with E-state index >= 15 is 0 Å². The number of rotatable bonds is 7. The summed E-state index contributed by atoms with van der Waals surface area (Å²) >= 11 is 0. The molecule has 0 aromatic rings. The minimum Gasteiger partial charge on any atom is -0.342 e. The van der Waals surface area contributed by atoms with Gasteiger partial charge in [-0.3, -0.25) is 19.3 Å². The number of hydrogen-bond acceptors (Lipinski definition) is 3. The van der Waals surface area contributed by atoms with E-state index in [4.69, 9.17) is 0 Å². The van der Waals surface area contributed by atoms with Crippen molar-refractivity contribution in [1.29, 1.82) is 0 Å². The van der Waals surface area contributed by atoms with Gasteiger partial charge in [-0.2, -0.15) is 0 Å². The van der Waals surface area contributed by atoms with Crippen LogP contribution in [0.5, 0.6) is 0 Å². The second kappa shape index (κ2) is 8.33. The Labute approximate surface area is 152 Å². The smallest absolute Gasteiger partial charge is 0.233 e. The number of likely N-dealkylation sites (tertiary alicyclic amines) is 2. The minimum absolute atomic E-state index is 0.00386. The van der Waals surface area contributed by atoms with Gasteiger partial charge in [0, 0.05) is 32.5 Å². The van der Waals surface area contributed by atoms with Gasteiger partial charge >= 0.3 is 0 Å². The zero-order valence-corrected chi connectivity index (χ0v) is 16.3. The van der Waals surface area contributed by atoms with Crippen LogP contribution in [0.1, 0.15) is 72.6 Å². The highest BCUT2D eigenvalue weighted by Gasteiger charge is 2.44. The summed E-state index contributed by atoms with van der Waals surface area (Å²) in [7, 11) is 0. The summed E-state index contributed by atoms with van der Waals surface area (Å²) in [5.41, 5.74) is -0.158. The van der Waals surface area contributed by atoms with Gasteiger partial charge in [-0.25, -0.2) is 0 Å². The Morgan fingerprint density at radius 2 is 1.80 bits per heavy atom. The van der Waals surface area contributed by atoms with Crippen molar-refractivity contribution < 1.29 is 14.4 Å². The van der Waals surface area contributed by atoms with Crippen molar-refractivity contribution in [3.8, 4) is 0 Å². The van der Waals surface area contributed by atoms with Crippen molar-refractivity contribution in [1.82, 2.24) is 9.80 Å². The molecule has 0 saturated carbocycles. The van der Waals surface area contributed by atoms with E-state index < -0.39 is 0 Å². The lowest BCUT2D eigenvalue weighted by Crippen LogP contribution is -2.34. The summed E-state index contributed by atoms with van der Waals surface area (Å²) in [6.07, 6.45) is 5.78. The Balaban J connectivity index is 1.61. The molecule has 0 aliphatic carbocycles. The van der Waals surface area contributed by atoms with E-state index in [9.17, 15) is 14.4 Å². The van der Waals surface area contributed by atoms with Gasteiger partial charge in [0.15, 0.2) is 0 Å². The first-order valence-corrected chi connectivity index (χ1v) is 9.82. The molecule has 2 atom stereocenters. The first-order chi connectivity index (χ1) is 11.7. The highest BCUT2D eigenvalue weighted by atomic mass is 16.2. The molecule has 2 heterocycles. The summed E-state index contributed by atoms with van der Waals surface area (Å²) < 4.78 is 0. The van der Waals surface area contributed by atoms with Crippen LogP contribution in [-0.4, -0.2) is 47.2 Å². The quantitative estimate of drug-likeness (QED) is 0.523. The highest BCUT2D eigenvalue weighted by molar-refractivity contribution is 6.03. The van der Waals surface area contributed by atoms with E-state index in [-0.39, 0.29) is 29.1 Å². The summed E-state index contributed by atoms with van der Waals surface area (Å²) in [6, 6.07) is 0. The van der Waals surface area contributed by atoms with E-state index in [2.05, 4.69) is 6.92 Å². The number of carbonyl (C=O) groups is 3. The summed E-state index contributed by atoms with van der Waals surface area (Å²) in [4.78, 5) is 40.0. The minimum atomic E-state index is -0.180. The molecule has 0 N–H and O–H groups in total. The molecular weight excluding hydrogens is 316 g/mol. The van der Waals surface area contributed by atoms with Crippen LogP contribution >= 0.6 is 0 Å². The van der Waals surface area contributed by atoms with Gasteiger partial charge in [0.1, 0.15) is 0 Å². The van der Waals surface area contributed by atoms with Gasteiger partial charge in [0.2, 0.25) is 17.7 Å². The van der Waals surface area contributed by atoms with Crippen LogP contribution in [0.2, 0.25) is 0 Å². The SMILES string of the molecule is C[C@H]1CCN(C(=O)CCCCCCN2C(=O)CC(C(C)(C)C)C2=O)C1. The maximum absolute atomic E-state index is 12.4. The van der Waals surface area contributed by atoms with Crippen LogP contribution < -0.4 is 0 Å². The molecule has 0 aromatic heterocycles. The Bertz CT molecular complexity index is 510. The Morgan fingerprint density at radius 3 is 2.36 bits per heavy atom. The molecule has 0 spiro atoms. The lowest BCUT2D eigenvalue weighted by molar-refractivity contribution is -0.140. The third-order valence-corrected chi connectivity index (χ3v) is 5.59. The van der Waals surface area contributed by atoms with Crippen molar-refractivity contribution in [2.75, 3.05) is 19.6 Å². The molecular formula is C20H34N2O3. The molecule has 5 nitrogen and oxygen atoms in total. The van der Waals surface area contributed by atoms with Gasteiger partial charge in [-0.1, -0.05) is 40.5 Å². The van der Waals surface area contributed by atoms with E-state index in [1.807, 2.05) is 25.7 Å². The lowest BCUT2D eigenvalue weighted by atomic mass is 9.80. The lowest BCUT2D eigenvalue weighted by Gasteiger charge is -2.24. The first kappa shape index (κ1) is 19.9. The molecule has 2 fully saturated rings. The number of unbranched alkanes of at least 4 members (excludes halogenated alkanes) is 3.